The van der Waals surface area contributed by atoms with Gasteiger partial charge < -0.3 is 5.32 Å². The fraction of sp³-hybridized carbons (Fsp3) is 0.125. The van der Waals surface area contributed by atoms with Crippen LogP contribution in [0.1, 0.15) is 31.9 Å². The first-order valence-electron chi connectivity index (χ1n) is 9.05. The maximum absolute atomic E-state index is 13.1. The predicted molar refractivity (Wildman–Crippen MR) is 115 cm³/mol. The second-order valence-corrected chi connectivity index (χ2v) is 7.89. The van der Waals surface area contributed by atoms with Gasteiger partial charge in [-0.05, 0) is 54.5 Å². The third kappa shape index (κ3) is 3.64. The van der Waals surface area contributed by atoms with Crippen LogP contribution in [0.3, 0.4) is 0 Å². The van der Waals surface area contributed by atoms with Gasteiger partial charge in [-0.25, -0.2) is 0 Å². The zero-order chi connectivity index (χ0) is 18.8. The summed E-state index contributed by atoms with van der Waals surface area (Å²) >= 11 is 1.57. The molecule has 0 fully saturated rings. The Morgan fingerprint density at radius 1 is 0.889 bits per heavy atom. The smallest absolute Gasteiger partial charge is 0.266 e. The van der Waals surface area contributed by atoms with Crippen LogP contribution in [0, 0.1) is 13.8 Å². The topological polar surface area (TPSA) is 29.1 Å². The van der Waals surface area contributed by atoms with Crippen molar-refractivity contribution in [3.63, 3.8) is 0 Å². The first-order chi connectivity index (χ1) is 13.1. The van der Waals surface area contributed by atoms with Gasteiger partial charge in [0.05, 0.1) is 4.88 Å². The van der Waals surface area contributed by atoms with E-state index in [1.165, 1.54) is 11.1 Å². The molecule has 0 atom stereocenters. The molecule has 1 N–H and O–H groups in total. The molecular formula is C24H21NOS. The number of thiophene rings is 1. The van der Waals surface area contributed by atoms with E-state index in [0.717, 1.165) is 38.2 Å². The average Bonchev–Trinajstić information content (AvgIpc) is 3.04. The Kier molecular flexibility index (Phi) is 4.78. The number of hydrogen-bond acceptors (Lipinski definition) is 2. The molecule has 0 saturated carbocycles. The third-order valence-electron chi connectivity index (χ3n) is 4.80. The predicted octanol–water partition coefficient (Wildman–Crippen LogP) is 6.36. The molecule has 4 aromatic rings. The second-order valence-electron chi connectivity index (χ2n) is 6.84. The van der Waals surface area contributed by atoms with Gasteiger partial charge in [0.2, 0.25) is 0 Å². The van der Waals surface area contributed by atoms with Crippen molar-refractivity contribution in [3.05, 3.63) is 99.9 Å². The number of fused-ring (bicyclic) bond motifs is 1. The highest BCUT2D eigenvalue weighted by Crippen LogP contribution is 2.33. The second kappa shape index (κ2) is 7.37. The highest BCUT2D eigenvalue weighted by Gasteiger charge is 2.19. The summed E-state index contributed by atoms with van der Waals surface area (Å²) < 4.78 is 1.15. The third-order valence-corrected chi connectivity index (χ3v) is 6.01. The van der Waals surface area contributed by atoms with E-state index in [1.807, 2.05) is 43.3 Å². The maximum atomic E-state index is 13.1. The van der Waals surface area contributed by atoms with Gasteiger partial charge in [-0.2, -0.15) is 0 Å². The van der Waals surface area contributed by atoms with Gasteiger partial charge in [-0.3, -0.25) is 4.79 Å². The number of aryl methyl sites for hydroxylation is 2. The molecule has 134 valence electrons. The Labute approximate surface area is 163 Å². The molecule has 4 rings (SSSR count). The fourth-order valence-electron chi connectivity index (χ4n) is 3.26. The van der Waals surface area contributed by atoms with Crippen LogP contribution in [-0.4, -0.2) is 5.91 Å². The van der Waals surface area contributed by atoms with E-state index in [1.54, 1.807) is 11.3 Å². The van der Waals surface area contributed by atoms with Crippen LogP contribution in [0.15, 0.2) is 72.8 Å². The van der Waals surface area contributed by atoms with Crippen LogP contribution in [0.4, 0.5) is 5.69 Å². The summed E-state index contributed by atoms with van der Waals surface area (Å²) in [7, 11) is 0. The molecule has 27 heavy (non-hydrogen) atoms. The van der Waals surface area contributed by atoms with Gasteiger partial charge in [0, 0.05) is 10.4 Å². The summed E-state index contributed by atoms with van der Waals surface area (Å²) in [6, 6.07) is 24.7. The van der Waals surface area contributed by atoms with Crippen LogP contribution in [-0.2, 0) is 6.42 Å². The van der Waals surface area contributed by atoms with Crippen molar-refractivity contribution in [3.8, 4) is 0 Å². The average molecular weight is 372 g/mol. The molecule has 0 saturated heterocycles. The number of rotatable bonds is 4. The van der Waals surface area contributed by atoms with Gasteiger partial charge >= 0.3 is 0 Å². The molecule has 0 unspecified atom stereocenters. The molecule has 2 nitrogen and oxygen atoms in total. The number of carbonyl (C=O) groups excluding carboxylic acids is 1. The maximum Gasteiger partial charge on any atom is 0.266 e. The summed E-state index contributed by atoms with van der Waals surface area (Å²) in [4.78, 5) is 13.9. The zero-order valence-electron chi connectivity index (χ0n) is 15.5. The molecule has 1 heterocycles. The molecule has 1 aromatic heterocycles. The monoisotopic (exact) mass is 371 g/mol. The lowest BCUT2D eigenvalue weighted by molar-refractivity contribution is 0.103. The highest BCUT2D eigenvalue weighted by atomic mass is 32.1. The first kappa shape index (κ1) is 17.5. The lowest BCUT2D eigenvalue weighted by atomic mass is 10.0. The van der Waals surface area contributed by atoms with E-state index in [4.69, 9.17) is 0 Å². The zero-order valence-corrected chi connectivity index (χ0v) is 16.3. The molecule has 0 spiro atoms. The number of para-hydroxylation sites is 1. The van der Waals surface area contributed by atoms with Crippen molar-refractivity contribution in [2.45, 2.75) is 20.3 Å². The van der Waals surface area contributed by atoms with Crippen LogP contribution >= 0.6 is 11.3 Å². The lowest BCUT2D eigenvalue weighted by Gasteiger charge is -2.09. The van der Waals surface area contributed by atoms with E-state index >= 15 is 0 Å². The van der Waals surface area contributed by atoms with Crippen molar-refractivity contribution < 1.29 is 4.79 Å². The van der Waals surface area contributed by atoms with Crippen molar-refractivity contribution in [1.29, 1.82) is 0 Å². The van der Waals surface area contributed by atoms with Gasteiger partial charge in [0.1, 0.15) is 0 Å². The van der Waals surface area contributed by atoms with E-state index in [9.17, 15) is 4.79 Å². The van der Waals surface area contributed by atoms with Crippen LogP contribution in [0.25, 0.3) is 10.1 Å². The minimum Gasteiger partial charge on any atom is -0.321 e. The molecule has 1 amide bonds. The Morgan fingerprint density at radius 2 is 1.59 bits per heavy atom. The summed E-state index contributed by atoms with van der Waals surface area (Å²) in [6.07, 6.45) is 0.751. The van der Waals surface area contributed by atoms with Gasteiger partial charge in [-0.15, -0.1) is 11.3 Å². The van der Waals surface area contributed by atoms with Crippen LogP contribution in [0.2, 0.25) is 0 Å². The Balaban J connectivity index is 1.74. The molecule has 0 aliphatic heterocycles. The van der Waals surface area contributed by atoms with Gasteiger partial charge in [0.25, 0.3) is 5.91 Å². The fourth-order valence-corrected chi connectivity index (χ4v) is 4.38. The van der Waals surface area contributed by atoms with Crippen molar-refractivity contribution in [2.24, 2.45) is 0 Å². The molecule has 0 aliphatic carbocycles. The summed E-state index contributed by atoms with van der Waals surface area (Å²) in [6.45, 7) is 4.10. The Bertz CT molecular complexity index is 1110. The molecular weight excluding hydrogens is 350 g/mol. The molecule has 3 aromatic carbocycles. The lowest BCUT2D eigenvalue weighted by Crippen LogP contribution is -2.13. The largest absolute Gasteiger partial charge is 0.321 e. The minimum atomic E-state index is -0.0346. The van der Waals surface area contributed by atoms with Crippen LogP contribution in [0.5, 0.6) is 0 Å². The number of hydrogen-bond donors (Lipinski definition) is 1. The summed E-state index contributed by atoms with van der Waals surface area (Å²) in [5.74, 6) is -0.0346. The number of benzene rings is 3. The quantitative estimate of drug-likeness (QED) is 0.444. The normalized spacial score (nSPS) is 10.9. The highest BCUT2D eigenvalue weighted by molar-refractivity contribution is 7.21. The number of nitrogens with one attached hydrogen (secondary N) is 1. The Hall–Kier alpha value is -2.91. The standard InChI is InChI=1S/C24H21NOS/c1-16-11-13-18(14-12-16)15-20-19-8-4-6-10-22(19)27-23(20)24(26)25-21-9-5-3-7-17(21)2/h3-14H,15H2,1-2H3,(H,25,26). The first-order valence-corrected chi connectivity index (χ1v) is 9.86. The number of anilines is 1. The number of carbonyl (C=O) groups is 1. The molecule has 0 bridgehead atoms. The van der Waals surface area contributed by atoms with E-state index in [-0.39, 0.29) is 5.91 Å². The van der Waals surface area contributed by atoms with Crippen molar-refractivity contribution in [1.82, 2.24) is 0 Å². The number of amides is 1. The van der Waals surface area contributed by atoms with E-state index in [0.29, 0.717) is 0 Å². The van der Waals surface area contributed by atoms with E-state index < -0.39 is 0 Å². The van der Waals surface area contributed by atoms with E-state index in [2.05, 4.69) is 48.6 Å². The van der Waals surface area contributed by atoms with Gasteiger partial charge in [-0.1, -0.05) is 66.2 Å². The van der Waals surface area contributed by atoms with Gasteiger partial charge in [0.15, 0.2) is 0 Å². The molecule has 0 radical (unpaired) electrons. The Morgan fingerprint density at radius 3 is 2.37 bits per heavy atom. The summed E-state index contributed by atoms with van der Waals surface area (Å²) in [5, 5.41) is 4.26. The van der Waals surface area contributed by atoms with Crippen LogP contribution < -0.4 is 5.32 Å². The summed E-state index contributed by atoms with van der Waals surface area (Å²) in [5.41, 5.74) is 5.49. The van der Waals surface area contributed by atoms with Crippen molar-refractivity contribution in [2.75, 3.05) is 5.32 Å². The molecule has 0 aliphatic rings. The minimum absolute atomic E-state index is 0.0346. The van der Waals surface area contributed by atoms with Crippen molar-refractivity contribution >= 4 is 33.0 Å². The SMILES string of the molecule is Cc1ccc(Cc2c(C(=O)Nc3ccccc3C)sc3ccccc23)cc1. The molecule has 3 heteroatoms.